The van der Waals surface area contributed by atoms with Gasteiger partial charge in [-0.2, -0.15) is 5.10 Å². The fourth-order valence-corrected chi connectivity index (χ4v) is 4.07. The number of aromatic nitrogens is 2. The van der Waals surface area contributed by atoms with Crippen molar-refractivity contribution in [2.45, 2.75) is 57.0 Å². The van der Waals surface area contributed by atoms with Crippen LogP contribution in [-0.2, 0) is 16.6 Å². The van der Waals surface area contributed by atoms with E-state index in [9.17, 15) is 8.42 Å². The quantitative estimate of drug-likeness (QED) is 0.745. The largest absolute Gasteiger partial charge is 0.320 e. The molecule has 0 bridgehead atoms. The highest BCUT2D eigenvalue weighted by Gasteiger charge is 2.33. The molecule has 7 heteroatoms. The zero-order valence-corrected chi connectivity index (χ0v) is 13.9. The molecule has 1 aromatic heterocycles. The van der Waals surface area contributed by atoms with Crippen molar-refractivity contribution in [3.05, 3.63) is 12.4 Å². The first-order valence-electron chi connectivity index (χ1n) is 7.52. The Labute approximate surface area is 127 Å². The molecule has 0 saturated heterocycles. The Morgan fingerprint density at radius 2 is 2.24 bits per heavy atom. The van der Waals surface area contributed by atoms with Gasteiger partial charge in [-0.1, -0.05) is 13.8 Å². The average Bonchev–Trinajstić information content (AvgIpc) is 2.97. The van der Waals surface area contributed by atoms with Gasteiger partial charge in [0, 0.05) is 18.8 Å². The number of sulfonamides is 1. The summed E-state index contributed by atoms with van der Waals surface area (Å²) in [6.07, 6.45) is 6.82. The standard InChI is InChI=1S/C14H26N4O2S/c1-14(2)6-5-12(9-14)17-21(19,20)13-10-16-18(11-13)8-4-7-15-3/h10-12,15,17H,4-9H2,1-3H3. The van der Waals surface area contributed by atoms with Crippen LogP contribution in [0.3, 0.4) is 0 Å². The number of aryl methyl sites for hydroxylation is 1. The molecule has 1 saturated carbocycles. The topological polar surface area (TPSA) is 76.0 Å². The molecule has 1 fully saturated rings. The van der Waals surface area contributed by atoms with Crippen molar-refractivity contribution in [1.29, 1.82) is 0 Å². The van der Waals surface area contributed by atoms with Crippen LogP contribution >= 0.6 is 0 Å². The molecule has 0 aromatic carbocycles. The van der Waals surface area contributed by atoms with Gasteiger partial charge in [-0.3, -0.25) is 4.68 Å². The highest BCUT2D eigenvalue weighted by atomic mass is 32.2. The summed E-state index contributed by atoms with van der Waals surface area (Å²) < 4.78 is 29.2. The molecule has 1 aliphatic carbocycles. The lowest BCUT2D eigenvalue weighted by atomic mass is 9.92. The van der Waals surface area contributed by atoms with Gasteiger partial charge < -0.3 is 5.32 Å². The summed E-state index contributed by atoms with van der Waals surface area (Å²) in [4.78, 5) is 0.261. The zero-order chi connectivity index (χ0) is 15.5. The van der Waals surface area contributed by atoms with Crippen LogP contribution in [0.5, 0.6) is 0 Å². The van der Waals surface area contributed by atoms with E-state index in [0.29, 0.717) is 6.54 Å². The molecule has 0 spiro atoms. The normalized spacial score (nSPS) is 21.8. The minimum atomic E-state index is -3.45. The van der Waals surface area contributed by atoms with Crippen LogP contribution in [0.2, 0.25) is 0 Å². The molecule has 1 heterocycles. The molecule has 1 atom stereocenters. The van der Waals surface area contributed by atoms with Crippen LogP contribution in [0.4, 0.5) is 0 Å². The zero-order valence-electron chi connectivity index (χ0n) is 13.1. The molecule has 6 nitrogen and oxygen atoms in total. The highest BCUT2D eigenvalue weighted by molar-refractivity contribution is 7.89. The van der Waals surface area contributed by atoms with Crippen LogP contribution in [0.25, 0.3) is 0 Å². The second-order valence-corrected chi connectivity index (χ2v) is 8.34. The number of hydrogen-bond acceptors (Lipinski definition) is 4. The predicted molar refractivity (Wildman–Crippen MR) is 82.5 cm³/mol. The summed E-state index contributed by atoms with van der Waals surface area (Å²) in [5.41, 5.74) is 0.227. The lowest BCUT2D eigenvalue weighted by Crippen LogP contribution is -2.33. The lowest BCUT2D eigenvalue weighted by Gasteiger charge is -2.17. The molecule has 0 aliphatic heterocycles. The first-order valence-corrected chi connectivity index (χ1v) is 9.00. The van der Waals surface area contributed by atoms with Crippen molar-refractivity contribution in [3.8, 4) is 0 Å². The van der Waals surface area contributed by atoms with Crippen LogP contribution in [-0.4, -0.2) is 37.8 Å². The Bertz CT molecular complexity index is 565. The molecule has 2 rings (SSSR count). The third-order valence-corrected chi connectivity index (χ3v) is 5.50. The number of rotatable bonds is 7. The third-order valence-electron chi connectivity index (χ3n) is 4.02. The molecule has 0 amide bonds. The minimum Gasteiger partial charge on any atom is -0.320 e. The van der Waals surface area contributed by atoms with Gasteiger partial charge >= 0.3 is 0 Å². The lowest BCUT2D eigenvalue weighted by molar-refractivity contribution is 0.372. The van der Waals surface area contributed by atoms with Gasteiger partial charge in [0.15, 0.2) is 0 Å². The van der Waals surface area contributed by atoms with Crippen molar-refractivity contribution in [1.82, 2.24) is 19.8 Å². The summed E-state index contributed by atoms with van der Waals surface area (Å²) in [6.45, 7) is 5.96. The van der Waals surface area contributed by atoms with Crippen molar-refractivity contribution >= 4 is 10.0 Å². The monoisotopic (exact) mass is 314 g/mol. The fourth-order valence-electron chi connectivity index (χ4n) is 2.85. The molecular weight excluding hydrogens is 288 g/mol. The Morgan fingerprint density at radius 3 is 2.86 bits per heavy atom. The van der Waals surface area contributed by atoms with E-state index < -0.39 is 10.0 Å². The summed E-state index contributed by atoms with van der Waals surface area (Å²) >= 11 is 0. The van der Waals surface area contributed by atoms with Crippen molar-refractivity contribution in [2.75, 3.05) is 13.6 Å². The van der Waals surface area contributed by atoms with Gasteiger partial charge in [0.25, 0.3) is 0 Å². The SMILES string of the molecule is CNCCCn1cc(S(=O)(=O)NC2CCC(C)(C)C2)cn1. The van der Waals surface area contributed by atoms with E-state index in [1.807, 2.05) is 7.05 Å². The maximum atomic E-state index is 12.4. The Morgan fingerprint density at radius 1 is 1.48 bits per heavy atom. The number of nitrogens with zero attached hydrogens (tertiary/aromatic N) is 2. The molecule has 1 unspecified atom stereocenters. The summed E-state index contributed by atoms with van der Waals surface area (Å²) in [5, 5.41) is 7.19. The Balaban J connectivity index is 1.96. The summed E-state index contributed by atoms with van der Waals surface area (Å²) in [5.74, 6) is 0. The first-order chi connectivity index (χ1) is 9.82. The summed E-state index contributed by atoms with van der Waals surface area (Å²) in [6, 6.07) is 0.0395. The predicted octanol–water partition coefficient (Wildman–Crippen LogP) is 1.35. The second-order valence-electron chi connectivity index (χ2n) is 6.62. The number of hydrogen-bond donors (Lipinski definition) is 2. The van der Waals surface area contributed by atoms with E-state index in [4.69, 9.17) is 0 Å². The third kappa shape index (κ3) is 4.52. The molecule has 1 aromatic rings. The van der Waals surface area contributed by atoms with Crippen LogP contribution < -0.4 is 10.0 Å². The molecule has 0 radical (unpaired) electrons. The van der Waals surface area contributed by atoms with E-state index in [1.165, 1.54) is 6.20 Å². The van der Waals surface area contributed by atoms with Gasteiger partial charge in [-0.15, -0.1) is 0 Å². The van der Waals surface area contributed by atoms with Gasteiger partial charge in [-0.25, -0.2) is 13.1 Å². The highest BCUT2D eigenvalue weighted by Crippen LogP contribution is 2.37. The second kappa shape index (κ2) is 6.46. The maximum Gasteiger partial charge on any atom is 0.243 e. The van der Waals surface area contributed by atoms with Crippen LogP contribution in [0.15, 0.2) is 17.3 Å². The van der Waals surface area contributed by atoms with E-state index in [0.717, 1.165) is 32.2 Å². The van der Waals surface area contributed by atoms with Crippen molar-refractivity contribution < 1.29 is 8.42 Å². The number of nitrogens with one attached hydrogen (secondary N) is 2. The van der Waals surface area contributed by atoms with E-state index in [1.54, 1.807) is 10.9 Å². The van der Waals surface area contributed by atoms with Gasteiger partial charge in [0.2, 0.25) is 10.0 Å². The average molecular weight is 314 g/mol. The minimum absolute atomic E-state index is 0.0395. The maximum absolute atomic E-state index is 12.4. The van der Waals surface area contributed by atoms with E-state index in [2.05, 4.69) is 29.0 Å². The van der Waals surface area contributed by atoms with Gasteiger partial charge in [-0.05, 0) is 44.7 Å². The molecule has 120 valence electrons. The van der Waals surface area contributed by atoms with Crippen molar-refractivity contribution in [2.24, 2.45) is 5.41 Å². The first kappa shape index (κ1) is 16.5. The van der Waals surface area contributed by atoms with Gasteiger partial charge in [0.1, 0.15) is 4.90 Å². The Kier molecular flexibility index (Phi) is 5.06. The van der Waals surface area contributed by atoms with Crippen LogP contribution in [0, 0.1) is 5.41 Å². The van der Waals surface area contributed by atoms with Crippen LogP contribution in [0.1, 0.15) is 39.5 Å². The van der Waals surface area contributed by atoms with E-state index in [-0.39, 0.29) is 16.4 Å². The molecular formula is C14H26N4O2S. The summed E-state index contributed by atoms with van der Waals surface area (Å²) in [7, 11) is -1.56. The molecule has 21 heavy (non-hydrogen) atoms. The Hall–Kier alpha value is -0.920. The van der Waals surface area contributed by atoms with Crippen molar-refractivity contribution in [3.63, 3.8) is 0 Å². The van der Waals surface area contributed by atoms with Gasteiger partial charge in [0.05, 0.1) is 6.20 Å². The smallest absolute Gasteiger partial charge is 0.243 e. The fraction of sp³-hybridized carbons (Fsp3) is 0.786. The molecule has 2 N–H and O–H groups in total. The van der Waals surface area contributed by atoms with E-state index >= 15 is 0 Å². The molecule has 1 aliphatic rings.